The van der Waals surface area contributed by atoms with Crippen molar-refractivity contribution in [3.63, 3.8) is 0 Å². The molecule has 0 saturated carbocycles. The van der Waals surface area contributed by atoms with Gasteiger partial charge in [-0.3, -0.25) is 9.78 Å². The van der Waals surface area contributed by atoms with E-state index in [0.717, 1.165) is 37.1 Å². The van der Waals surface area contributed by atoms with Crippen LogP contribution in [0.1, 0.15) is 41.5 Å². The number of nitrogens with one attached hydrogen (secondary N) is 1. The van der Waals surface area contributed by atoms with Gasteiger partial charge in [0.25, 0.3) is 5.91 Å². The second-order valence-corrected chi connectivity index (χ2v) is 9.56. The predicted molar refractivity (Wildman–Crippen MR) is 135 cm³/mol. The maximum absolute atomic E-state index is 13.6. The van der Waals surface area contributed by atoms with Gasteiger partial charge in [-0.2, -0.15) is 26.3 Å². The number of anilines is 2. The second kappa shape index (κ2) is 10.4. The molecule has 13 heteroatoms. The Balaban J connectivity index is 1.61. The third kappa shape index (κ3) is 5.68. The van der Waals surface area contributed by atoms with E-state index in [1.165, 1.54) is 30.5 Å². The first kappa shape index (κ1) is 27.3. The van der Waals surface area contributed by atoms with Gasteiger partial charge < -0.3 is 10.2 Å². The molecule has 5 rings (SSSR count). The summed E-state index contributed by atoms with van der Waals surface area (Å²) < 4.78 is 80.0. The highest BCUT2D eigenvalue weighted by molar-refractivity contribution is 5.96. The number of halogens is 6. The Morgan fingerprint density at radius 2 is 1.70 bits per heavy atom. The first-order valence-corrected chi connectivity index (χ1v) is 12.3. The normalized spacial score (nSPS) is 16.3. The van der Waals surface area contributed by atoms with E-state index in [-0.39, 0.29) is 40.0 Å². The summed E-state index contributed by atoms with van der Waals surface area (Å²) in [6.07, 6.45) is -6.25. The molecule has 1 atom stereocenters. The number of hydrogen-bond donors (Lipinski definition) is 1. The number of carbonyl (C=O) groups is 1. The number of alkyl halides is 6. The van der Waals surface area contributed by atoms with Crippen molar-refractivity contribution in [2.75, 3.05) is 18.4 Å². The van der Waals surface area contributed by atoms with Crippen molar-refractivity contribution in [2.45, 2.75) is 32.1 Å². The highest BCUT2D eigenvalue weighted by Gasteiger charge is 2.35. The number of likely N-dealkylation sites (tertiary alicyclic amines) is 1. The molecule has 1 aliphatic rings. The molecule has 208 valence electrons. The summed E-state index contributed by atoms with van der Waals surface area (Å²) in [6.45, 7) is 2.98. The van der Waals surface area contributed by atoms with E-state index < -0.39 is 35.1 Å². The quantitative estimate of drug-likeness (QED) is 0.279. The summed E-state index contributed by atoms with van der Waals surface area (Å²) in [5.41, 5.74) is -2.20. The summed E-state index contributed by atoms with van der Waals surface area (Å²) in [5.74, 6) is -0.394. The van der Waals surface area contributed by atoms with Crippen LogP contribution in [-0.4, -0.2) is 43.8 Å². The van der Waals surface area contributed by atoms with Crippen molar-refractivity contribution in [2.24, 2.45) is 5.92 Å². The summed E-state index contributed by atoms with van der Waals surface area (Å²) in [7, 11) is 0. The third-order valence-electron chi connectivity index (χ3n) is 6.53. The Morgan fingerprint density at radius 1 is 0.950 bits per heavy atom. The molecule has 40 heavy (non-hydrogen) atoms. The van der Waals surface area contributed by atoms with Gasteiger partial charge >= 0.3 is 12.4 Å². The number of aromatic nitrogens is 4. The van der Waals surface area contributed by atoms with Crippen LogP contribution in [0.15, 0.2) is 54.7 Å². The molecule has 0 bridgehead atoms. The summed E-state index contributed by atoms with van der Waals surface area (Å²) in [6, 6.07) is 8.99. The van der Waals surface area contributed by atoms with Gasteiger partial charge in [0.1, 0.15) is 11.5 Å². The number of hydrogen-bond acceptors (Lipinski definition) is 6. The zero-order chi connectivity index (χ0) is 28.7. The van der Waals surface area contributed by atoms with Gasteiger partial charge in [-0.25, -0.2) is 15.0 Å². The van der Waals surface area contributed by atoms with E-state index in [0.29, 0.717) is 13.1 Å². The molecule has 1 amide bonds. The summed E-state index contributed by atoms with van der Waals surface area (Å²) in [4.78, 5) is 31.8. The largest absolute Gasteiger partial charge is 0.418 e. The minimum atomic E-state index is -4.69. The second-order valence-electron chi connectivity index (χ2n) is 9.56. The van der Waals surface area contributed by atoms with Crippen molar-refractivity contribution in [3.8, 4) is 11.4 Å². The molecule has 1 aliphatic heterocycles. The highest BCUT2D eigenvalue weighted by Crippen LogP contribution is 2.36. The Hall–Kier alpha value is -4.29. The van der Waals surface area contributed by atoms with Gasteiger partial charge in [-0.1, -0.05) is 6.92 Å². The number of amides is 1. The Labute approximate surface area is 224 Å². The lowest BCUT2D eigenvalue weighted by atomic mass is 10.0. The number of benzene rings is 1. The average molecular weight is 561 g/mol. The van der Waals surface area contributed by atoms with Crippen LogP contribution in [0, 0.1) is 5.92 Å². The fourth-order valence-corrected chi connectivity index (χ4v) is 4.57. The minimum absolute atomic E-state index is 0.0642. The van der Waals surface area contributed by atoms with Crippen LogP contribution in [-0.2, 0) is 12.4 Å². The summed E-state index contributed by atoms with van der Waals surface area (Å²) in [5, 5.41) is 3.15. The molecule has 1 fully saturated rings. The molecule has 0 aliphatic carbocycles. The number of nitrogens with zero attached hydrogens (tertiary/aromatic N) is 5. The van der Waals surface area contributed by atoms with E-state index in [9.17, 15) is 31.1 Å². The number of pyridine rings is 2. The molecule has 1 saturated heterocycles. The Kier molecular flexibility index (Phi) is 7.06. The predicted octanol–water partition coefficient (Wildman–Crippen LogP) is 6.74. The molecule has 3 aromatic heterocycles. The monoisotopic (exact) mass is 560 g/mol. The topological polar surface area (TPSA) is 83.9 Å². The maximum Gasteiger partial charge on any atom is 0.418 e. The molecule has 4 aromatic rings. The Morgan fingerprint density at radius 3 is 2.38 bits per heavy atom. The van der Waals surface area contributed by atoms with Crippen molar-refractivity contribution < 1.29 is 31.1 Å². The van der Waals surface area contributed by atoms with Gasteiger partial charge in [0.05, 0.1) is 22.2 Å². The average Bonchev–Trinajstić information content (AvgIpc) is 2.91. The zero-order valence-electron chi connectivity index (χ0n) is 21.0. The van der Waals surface area contributed by atoms with Crippen molar-refractivity contribution >= 4 is 28.4 Å². The van der Waals surface area contributed by atoms with Gasteiger partial charge in [-0.05, 0) is 67.3 Å². The smallest absolute Gasteiger partial charge is 0.340 e. The van der Waals surface area contributed by atoms with E-state index in [1.807, 2.05) is 6.92 Å². The van der Waals surface area contributed by atoms with Gasteiger partial charge in [0.2, 0.25) is 5.82 Å². The zero-order valence-corrected chi connectivity index (χ0v) is 21.0. The van der Waals surface area contributed by atoms with Crippen molar-refractivity contribution in [3.05, 3.63) is 71.7 Å². The number of carbonyl (C=O) groups excluding carboxylic acids is 1. The van der Waals surface area contributed by atoms with E-state index in [2.05, 4.69) is 25.3 Å². The lowest BCUT2D eigenvalue weighted by molar-refractivity contribution is -0.138. The molecule has 0 spiro atoms. The minimum Gasteiger partial charge on any atom is -0.340 e. The molecule has 0 radical (unpaired) electrons. The number of rotatable bonds is 4. The van der Waals surface area contributed by atoms with Crippen LogP contribution in [0.5, 0.6) is 0 Å². The number of piperidine rings is 1. The number of fused-ring (bicyclic) bond motifs is 1. The van der Waals surface area contributed by atoms with E-state index >= 15 is 0 Å². The standard InChI is InChI=1S/C27H22F6N6O/c1-15-4-3-13-39(14-15)25(40)24-37-22(35-17-8-6-16(7-9-17)26(28,29)30)18-10-11-20(36-23(18)38-24)21-19(27(31,32)33)5-2-12-34-21/h2,5-12,15H,3-4,13-14H2,1H3,(H,35,36,37,38). The van der Waals surface area contributed by atoms with E-state index in [4.69, 9.17) is 0 Å². The first-order chi connectivity index (χ1) is 18.9. The van der Waals surface area contributed by atoms with Crippen molar-refractivity contribution in [1.82, 2.24) is 24.8 Å². The van der Waals surface area contributed by atoms with Crippen LogP contribution in [0.3, 0.4) is 0 Å². The molecule has 1 unspecified atom stereocenters. The Bertz CT molecular complexity index is 1550. The molecular formula is C27H22F6N6O. The third-order valence-corrected chi connectivity index (χ3v) is 6.53. The molecule has 7 nitrogen and oxygen atoms in total. The van der Waals surface area contributed by atoms with Gasteiger partial charge in [0.15, 0.2) is 5.65 Å². The van der Waals surface area contributed by atoms with E-state index in [1.54, 1.807) is 4.90 Å². The SMILES string of the molecule is CC1CCCN(C(=O)c2nc(Nc3ccc(C(F)(F)F)cc3)c3ccc(-c4ncccc4C(F)(F)F)nc3n2)C1. The lowest BCUT2D eigenvalue weighted by Crippen LogP contribution is -2.40. The molecule has 4 heterocycles. The molecule has 1 N–H and O–H groups in total. The maximum atomic E-state index is 13.6. The summed E-state index contributed by atoms with van der Waals surface area (Å²) >= 11 is 0. The van der Waals surface area contributed by atoms with Gasteiger partial charge in [-0.15, -0.1) is 0 Å². The van der Waals surface area contributed by atoms with Crippen LogP contribution in [0.2, 0.25) is 0 Å². The lowest BCUT2D eigenvalue weighted by Gasteiger charge is -2.30. The fraction of sp³-hybridized carbons (Fsp3) is 0.296. The molecule has 1 aromatic carbocycles. The van der Waals surface area contributed by atoms with Crippen LogP contribution < -0.4 is 5.32 Å². The van der Waals surface area contributed by atoms with Crippen LogP contribution in [0.4, 0.5) is 37.8 Å². The van der Waals surface area contributed by atoms with Crippen LogP contribution >= 0.6 is 0 Å². The fourth-order valence-electron chi connectivity index (χ4n) is 4.57. The van der Waals surface area contributed by atoms with Gasteiger partial charge in [0, 0.05) is 25.0 Å². The first-order valence-electron chi connectivity index (χ1n) is 12.3. The van der Waals surface area contributed by atoms with Crippen molar-refractivity contribution in [1.29, 1.82) is 0 Å². The van der Waals surface area contributed by atoms with Crippen LogP contribution in [0.25, 0.3) is 22.4 Å². The highest BCUT2D eigenvalue weighted by atomic mass is 19.4. The molecular weight excluding hydrogens is 538 g/mol.